The summed E-state index contributed by atoms with van der Waals surface area (Å²) >= 11 is 0. The molecule has 0 spiro atoms. The minimum Gasteiger partial charge on any atom is -0.482 e. The van der Waals surface area contributed by atoms with Gasteiger partial charge in [-0.3, -0.25) is 4.79 Å². The molecular weight excluding hydrogens is 282 g/mol. The number of hydrogen-bond acceptors (Lipinski definition) is 3. The smallest absolute Gasteiger partial charge is 0.319 e. The second-order valence-electron chi connectivity index (χ2n) is 4.84. The van der Waals surface area contributed by atoms with Gasteiger partial charge in [0.05, 0.1) is 5.69 Å². The summed E-state index contributed by atoms with van der Waals surface area (Å²) in [6, 6.07) is 14.4. The molecule has 3 rings (SSSR count). The summed E-state index contributed by atoms with van der Waals surface area (Å²) in [6.45, 7) is 0.431. The Labute approximate surface area is 127 Å². The van der Waals surface area contributed by atoms with Crippen LogP contribution in [-0.4, -0.2) is 18.5 Å². The predicted octanol–water partition coefficient (Wildman–Crippen LogP) is 2.34. The largest absolute Gasteiger partial charge is 0.482 e. The van der Waals surface area contributed by atoms with Crippen molar-refractivity contribution in [3.63, 3.8) is 0 Å². The second-order valence-corrected chi connectivity index (χ2v) is 4.84. The van der Waals surface area contributed by atoms with Crippen LogP contribution in [0.25, 0.3) is 0 Å². The van der Waals surface area contributed by atoms with Crippen molar-refractivity contribution in [1.29, 1.82) is 0 Å². The van der Waals surface area contributed by atoms with Crippen molar-refractivity contribution in [1.82, 2.24) is 5.32 Å². The standard InChI is InChI=1S/C16H15N3O3/c20-15-10-22-14-8-12(6-7-13(14)19-15)18-16(21)17-9-11-4-2-1-3-5-11/h1-8H,9-10H2,(H,19,20)(H2,17,18,21). The third-order valence-corrected chi connectivity index (χ3v) is 3.17. The van der Waals surface area contributed by atoms with Crippen LogP contribution in [0.3, 0.4) is 0 Å². The molecule has 0 saturated carbocycles. The van der Waals surface area contributed by atoms with Gasteiger partial charge in [-0.05, 0) is 17.7 Å². The van der Waals surface area contributed by atoms with Gasteiger partial charge in [0.2, 0.25) is 0 Å². The molecule has 2 aromatic carbocycles. The van der Waals surface area contributed by atoms with Gasteiger partial charge in [-0.2, -0.15) is 0 Å². The van der Waals surface area contributed by atoms with E-state index in [2.05, 4.69) is 16.0 Å². The molecule has 0 bridgehead atoms. The van der Waals surface area contributed by atoms with E-state index in [-0.39, 0.29) is 18.5 Å². The lowest BCUT2D eigenvalue weighted by molar-refractivity contribution is -0.118. The van der Waals surface area contributed by atoms with E-state index in [0.29, 0.717) is 23.7 Å². The number of anilines is 2. The molecule has 3 N–H and O–H groups in total. The molecule has 0 aliphatic carbocycles. The van der Waals surface area contributed by atoms with Crippen LogP contribution in [0.4, 0.5) is 16.2 Å². The number of rotatable bonds is 3. The van der Waals surface area contributed by atoms with Crippen molar-refractivity contribution < 1.29 is 14.3 Å². The number of hydrogen-bond donors (Lipinski definition) is 3. The third-order valence-electron chi connectivity index (χ3n) is 3.17. The molecule has 0 atom stereocenters. The summed E-state index contributed by atoms with van der Waals surface area (Å²) in [5, 5.41) is 8.20. The molecule has 2 aromatic rings. The molecule has 3 amide bonds. The fourth-order valence-electron chi connectivity index (χ4n) is 2.11. The highest BCUT2D eigenvalue weighted by molar-refractivity contribution is 5.96. The van der Waals surface area contributed by atoms with Crippen LogP contribution in [0.2, 0.25) is 0 Å². The molecule has 6 heteroatoms. The van der Waals surface area contributed by atoms with Crippen molar-refractivity contribution in [3.05, 3.63) is 54.1 Å². The third kappa shape index (κ3) is 3.35. The van der Waals surface area contributed by atoms with Crippen LogP contribution in [0.15, 0.2) is 48.5 Å². The summed E-state index contributed by atoms with van der Waals surface area (Å²) in [6.07, 6.45) is 0. The number of carbonyl (C=O) groups excluding carboxylic acids is 2. The summed E-state index contributed by atoms with van der Waals surface area (Å²) < 4.78 is 5.30. The summed E-state index contributed by atoms with van der Waals surface area (Å²) in [4.78, 5) is 23.1. The minimum absolute atomic E-state index is 0.0172. The van der Waals surface area contributed by atoms with Crippen LogP contribution >= 0.6 is 0 Å². The lowest BCUT2D eigenvalue weighted by Crippen LogP contribution is -2.28. The van der Waals surface area contributed by atoms with Crippen molar-refractivity contribution in [2.24, 2.45) is 0 Å². The summed E-state index contributed by atoms with van der Waals surface area (Å²) in [5.41, 5.74) is 2.22. The van der Waals surface area contributed by atoms with Crippen molar-refractivity contribution in [3.8, 4) is 5.75 Å². The van der Waals surface area contributed by atoms with Crippen molar-refractivity contribution in [2.45, 2.75) is 6.54 Å². The lowest BCUT2D eigenvalue weighted by Gasteiger charge is -2.18. The van der Waals surface area contributed by atoms with Gasteiger partial charge in [0.25, 0.3) is 5.91 Å². The van der Waals surface area contributed by atoms with Gasteiger partial charge in [-0.1, -0.05) is 30.3 Å². The van der Waals surface area contributed by atoms with E-state index in [4.69, 9.17) is 4.74 Å². The first kappa shape index (κ1) is 13.9. The molecule has 0 saturated heterocycles. The van der Waals surface area contributed by atoms with Crippen LogP contribution in [0, 0.1) is 0 Å². The van der Waals surface area contributed by atoms with Crippen LogP contribution in [0.5, 0.6) is 5.75 Å². The highest BCUT2D eigenvalue weighted by Crippen LogP contribution is 2.30. The van der Waals surface area contributed by atoms with Gasteiger partial charge in [-0.15, -0.1) is 0 Å². The van der Waals surface area contributed by atoms with Gasteiger partial charge in [-0.25, -0.2) is 4.79 Å². The van der Waals surface area contributed by atoms with E-state index in [1.165, 1.54) is 0 Å². The van der Waals surface area contributed by atoms with Crippen LogP contribution in [-0.2, 0) is 11.3 Å². The maximum atomic E-state index is 11.9. The predicted molar refractivity (Wildman–Crippen MR) is 82.9 cm³/mol. The minimum atomic E-state index is -0.302. The number of nitrogens with one attached hydrogen (secondary N) is 3. The Bertz CT molecular complexity index is 701. The molecule has 0 radical (unpaired) electrons. The quantitative estimate of drug-likeness (QED) is 0.813. The number of ether oxygens (including phenoxy) is 1. The Morgan fingerprint density at radius 2 is 2.00 bits per heavy atom. The van der Waals surface area contributed by atoms with Crippen molar-refractivity contribution in [2.75, 3.05) is 17.2 Å². The van der Waals surface area contributed by atoms with Gasteiger partial charge >= 0.3 is 6.03 Å². The Kier molecular flexibility index (Phi) is 3.91. The van der Waals surface area contributed by atoms with E-state index in [1.54, 1.807) is 18.2 Å². The molecule has 0 unspecified atom stereocenters. The maximum Gasteiger partial charge on any atom is 0.319 e. The zero-order valence-electron chi connectivity index (χ0n) is 11.8. The zero-order chi connectivity index (χ0) is 15.4. The molecule has 0 fully saturated rings. The van der Waals surface area contributed by atoms with E-state index < -0.39 is 0 Å². The van der Waals surface area contributed by atoms with Crippen LogP contribution in [0.1, 0.15) is 5.56 Å². The van der Waals surface area contributed by atoms with E-state index in [0.717, 1.165) is 5.56 Å². The highest BCUT2D eigenvalue weighted by atomic mass is 16.5. The monoisotopic (exact) mass is 297 g/mol. The van der Waals surface area contributed by atoms with Gasteiger partial charge in [0, 0.05) is 18.3 Å². The van der Waals surface area contributed by atoms with E-state index in [1.807, 2.05) is 30.3 Å². The number of benzene rings is 2. The fourth-order valence-corrected chi connectivity index (χ4v) is 2.11. The molecule has 0 aromatic heterocycles. The topological polar surface area (TPSA) is 79.5 Å². The number of fused-ring (bicyclic) bond motifs is 1. The fraction of sp³-hybridized carbons (Fsp3) is 0.125. The normalized spacial score (nSPS) is 12.6. The number of urea groups is 1. The van der Waals surface area contributed by atoms with Gasteiger partial charge in [0.15, 0.2) is 6.61 Å². The number of amides is 3. The van der Waals surface area contributed by atoms with Crippen molar-refractivity contribution >= 4 is 23.3 Å². The molecule has 112 valence electrons. The number of carbonyl (C=O) groups is 2. The maximum absolute atomic E-state index is 11.9. The SMILES string of the molecule is O=C1COc2cc(NC(=O)NCc3ccccc3)ccc2N1. The molecule has 1 aliphatic heterocycles. The second kappa shape index (κ2) is 6.17. The van der Waals surface area contributed by atoms with Gasteiger partial charge < -0.3 is 20.7 Å². The van der Waals surface area contributed by atoms with E-state index in [9.17, 15) is 9.59 Å². The first-order chi connectivity index (χ1) is 10.7. The molecule has 1 heterocycles. The Hall–Kier alpha value is -3.02. The van der Waals surface area contributed by atoms with Gasteiger partial charge in [0.1, 0.15) is 5.75 Å². The summed E-state index contributed by atoms with van der Waals surface area (Å²) in [7, 11) is 0. The molecular formula is C16H15N3O3. The summed E-state index contributed by atoms with van der Waals surface area (Å²) in [5.74, 6) is 0.356. The Balaban J connectivity index is 1.59. The highest BCUT2D eigenvalue weighted by Gasteiger charge is 2.16. The molecule has 1 aliphatic rings. The average molecular weight is 297 g/mol. The Morgan fingerprint density at radius 1 is 1.18 bits per heavy atom. The molecule has 22 heavy (non-hydrogen) atoms. The van der Waals surface area contributed by atoms with Crippen LogP contribution < -0.4 is 20.7 Å². The zero-order valence-corrected chi connectivity index (χ0v) is 11.8. The first-order valence-corrected chi connectivity index (χ1v) is 6.86. The lowest BCUT2D eigenvalue weighted by atomic mass is 10.2. The first-order valence-electron chi connectivity index (χ1n) is 6.86. The molecule has 6 nitrogen and oxygen atoms in total. The average Bonchev–Trinajstić information content (AvgIpc) is 2.54. The Morgan fingerprint density at radius 3 is 2.82 bits per heavy atom. The van der Waals surface area contributed by atoms with E-state index >= 15 is 0 Å².